The number of rotatable bonds is 4. The molecule has 0 bridgehead atoms. The molecule has 0 fully saturated rings. The molecule has 9 nitrogen and oxygen atoms in total. The first-order valence-electron chi connectivity index (χ1n) is 8.56. The van der Waals surface area contributed by atoms with Gasteiger partial charge in [0.15, 0.2) is 5.65 Å². The summed E-state index contributed by atoms with van der Waals surface area (Å²) in [5.41, 5.74) is 6.76. The summed E-state index contributed by atoms with van der Waals surface area (Å²) in [6.45, 7) is 2.27. The lowest BCUT2D eigenvalue weighted by Crippen LogP contribution is -2.19. The van der Waals surface area contributed by atoms with E-state index in [0.29, 0.717) is 29.1 Å². The molecule has 0 aliphatic rings. The van der Waals surface area contributed by atoms with Crippen LogP contribution in [0.15, 0.2) is 53.8 Å². The van der Waals surface area contributed by atoms with Gasteiger partial charge in [0.25, 0.3) is 0 Å². The fourth-order valence-corrected chi connectivity index (χ4v) is 2.79. The Balaban J connectivity index is 1.64. The van der Waals surface area contributed by atoms with Gasteiger partial charge in [-0.1, -0.05) is 17.3 Å². The maximum Gasteiger partial charge on any atom is 0.427 e. The predicted molar refractivity (Wildman–Crippen MR) is 104 cm³/mol. The number of amides is 1. The van der Waals surface area contributed by atoms with Gasteiger partial charge in [0.05, 0.1) is 30.6 Å². The third-order valence-corrected chi connectivity index (χ3v) is 4.23. The van der Waals surface area contributed by atoms with Crippen LogP contribution in [0.4, 0.5) is 4.79 Å². The fourth-order valence-electron chi connectivity index (χ4n) is 2.79. The minimum absolute atomic E-state index is 0.522. The van der Waals surface area contributed by atoms with Gasteiger partial charge >= 0.3 is 6.09 Å². The van der Waals surface area contributed by atoms with Crippen LogP contribution in [0.3, 0.4) is 0 Å². The number of carbonyl (C=O) groups excluding carboxylic acids is 1. The van der Waals surface area contributed by atoms with Crippen LogP contribution in [0.1, 0.15) is 18.2 Å². The maximum absolute atomic E-state index is 11.2. The highest BCUT2D eigenvalue weighted by Gasteiger charge is 2.10. The van der Waals surface area contributed by atoms with Crippen molar-refractivity contribution in [1.82, 2.24) is 30.4 Å². The van der Waals surface area contributed by atoms with Crippen molar-refractivity contribution in [3.8, 4) is 0 Å². The smallest absolute Gasteiger partial charge is 0.427 e. The molecule has 28 heavy (non-hydrogen) atoms. The summed E-state index contributed by atoms with van der Waals surface area (Å²) >= 11 is 0. The number of methoxy groups -OCH3 is 1. The van der Waals surface area contributed by atoms with Gasteiger partial charge in [-0.15, -0.1) is 5.10 Å². The van der Waals surface area contributed by atoms with Crippen LogP contribution in [0, 0.1) is 0 Å². The van der Waals surface area contributed by atoms with Gasteiger partial charge in [-0.3, -0.25) is 4.98 Å². The Morgan fingerprint density at radius 2 is 2.07 bits per heavy atom. The van der Waals surface area contributed by atoms with E-state index < -0.39 is 6.09 Å². The van der Waals surface area contributed by atoms with Crippen molar-refractivity contribution in [2.45, 2.75) is 13.5 Å². The zero-order chi connectivity index (χ0) is 19.5. The number of hydrogen-bond donors (Lipinski definition) is 1. The van der Waals surface area contributed by atoms with E-state index in [9.17, 15) is 4.79 Å². The van der Waals surface area contributed by atoms with E-state index in [1.54, 1.807) is 23.9 Å². The van der Waals surface area contributed by atoms with Gasteiger partial charge in [0, 0.05) is 11.6 Å². The summed E-state index contributed by atoms with van der Waals surface area (Å²) < 4.78 is 6.24. The van der Waals surface area contributed by atoms with Gasteiger partial charge in [-0.2, -0.15) is 5.10 Å². The summed E-state index contributed by atoms with van der Waals surface area (Å²) in [4.78, 5) is 20.1. The minimum atomic E-state index is -0.641. The van der Waals surface area contributed by atoms with Crippen molar-refractivity contribution in [2.75, 3.05) is 7.11 Å². The van der Waals surface area contributed by atoms with Crippen molar-refractivity contribution < 1.29 is 9.53 Å². The molecule has 0 aliphatic carbocycles. The number of carbonyl (C=O) groups is 1. The molecule has 0 aliphatic heterocycles. The second-order valence-corrected chi connectivity index (χ2v) is 6.12. The van der Waals surface area contributed by atoms with Crippen molar-refractivity contribution in [1.29, 1.82) is 0 Å². The maximum atomic E-state index is 11.2. The second kappa shape index (κ2) is 7.39. The van der Waals surface area contributed by atoms with Gasteiger partial charge in [-0.05, 0) is 42.8 Å². The van der Waals surface area contributed by atoms with Crippen LogP contribution >= 0.6 is 0 Å². The largest absolute Gasteiger partial charge is 0.452 e. The first-order chi connectivity index (χ1) is 13.6. The monoisotopic (exact) mass is 375 g/mol. The van der Waals surface area contributed by atoms with Crippen molar-refractivity contribution in [2.24, 2.45) is 5.10 Å². The number of benzene rings is 1. The van der Waals surface area contributed by atoms with Crippen LogP contribution in [-0.4, -0.2) is 43.9 Å². The molecule has 4 aromatic rings. The van der Waals surface area contributed by atoms with Crippen LogP contribution in [0.5, 0.6) is 0 Å². The van der Waals surface area contributed by atoms with Crippen LogP contribution in [0.2, 0.25) is 0 Å². The summed E-state index contributed by atoms with van der Waals surface area (Å²) in [6, 6.07) is 13.6. The Morgan fingerprint density at radius 3 is 2.93 bits per heavy atom. The molecule has 3 heterocycles. The molecule has 3 aromatic heterocycles. The number of aromatic nitrogens is 5. The molecule has 0 radical (unpaired) electrons. The third kappa shape index (κ3) is 3.50. The quantitative estimate of drug-likeness (QED) is 0.434. The van der Waals surface area contributed by atoms with Crippen LogP contribution < -0.4 is 5.43 Å². The molecule has 9 heteroatoms. The number of hydrogen-bond acceptors (Lipinski definition) is 7. The van der Waals surface area contributed by atoms with Crippen LogP contribution in [0.25, 0.3) is 22.1 Å². The Labute approximate surface area is 160 Å². The Morgan fingerprint density at radius 1 is 1.21 bits per heavy atom. The standard InChI is InChI=1S/C19H17N7O2/c1-12(22-24-19(27)28-2)15-7-8-17-18(21-15)26(25-23-17)11-13-5-6-16-14(10-13)4-3-9-20-16/h3-10H,11H2,1-2H3,(H,24,27). The number of hydrazone groups is 1. The Bertz CT molecular complexity index is 1200. The lowest BCUT2D eigenvalue weighted by Gasteiger charge is -2.05. The summed E-state index contributed by atoms with van der Waals surface area (Å²) in [5.74, 6) is 0. The van der Waals surface area contributed by atoms with E-state index in [-0.39, 0.29) is 0 Å². The van der Waals surface area contributed by atoms with E-state index in [1.807, 2.05) is 30.3 Å². The van der Waals surface area contributed by atoms with Crippen molar-refractivity contribution in [3.05, 3.63) is 59.9 Å². The minimum Gasteiger partial charge on any atom is -0.452 e. The molecule has 1 aromatic carbocycles. The number of pyridine rings is 2. The predicted octanol–water partition coefficient (Wildman–Crippen LogP) is 2.50. The van der Waals surface area contributed by atoms with E-state index >= 15 is 0 Å². The van der Waals surface area contributed by atoms with Gasteiger partial charge in [0.1, 0.15) is 5.52 Å². The normalized spacial score (nSPS) is 11.7. The van der Waals surface area contributed by atoms with E-state index in [4.69, 9.17) is 0 Å². The van der Waals surface area contributed by atoms with E-state index in [0.717, 1.165) is 16.5 Å². The van der Waals surface area contributed by atoms with E-state index in [1.165, 1.54) is 7.11 Å². The Kier molecular flexibility index (Phi) is 4.63. The zero-order valence-corrected chi connectivity index (χ0v) is 15.3. The highest BCUT2D eigenvalue weighted by molar-refractivity contribution is 5.98. The summed E-state index contributed by atoms with van der Waals surface area (Å²) in [6.07, 6.45) is 1.13. The van der Waals surface area contributed by atoms with Gasteiger partial charge in [-0.25, -0.2) is 19.9 Å². The molecule has 0 atom stereocenters. The van der Waals surface area contributed by atoms with Crippen molar-refractivity contribution >= 4 is 33.9 Å². The highest BCUT2D eigenvalue weighted by Crippen LogP contribution is 2.16. The van der Waals surface area contributed by atoms with Crippen LogP contribution in [-0.2, 0) is 11.3 Å². The third-order valence-electron chi connectivity index (χ3n) is 4.23. The zero-order valence-electron chi connectivity index (χ0n) is 15.3. The number of nitrogens with zero attached hydrogens (tertiary/aromatic N) is 6. The van der Waals surface area contributed by atoms with E-state index in [2.05, 4.69) is 41.6 Å². The average molecular weight is 375 g/mol. The lowest BCUT2D eigenvalue weighted by molar-refractivity contribution is 0.171. The molecular formula is C19H17N7O2. The summed E-state index contributed by atoms with van der Waals surface area (Å²) in [7, 11) is 1.28. The molecule has 0 saturated heterocycles. The molecule has 4 rings (SSSR count). The topological polar surface area (TPSA) is 107 Å². The molecule has 1 N–H and O–H groups in total. The number of fused-ring (bicyclic) bond motifs is 2. The first-order valence-corrected chi connectivity index (χ1v) is 8.56. The SMILES string of the molecule is COC(=O)NN=C(C)c1ccc2nnn(Cc3ccc4ncccc4c3)c2n1. The average Bonchev–Trinajstić information content (AvgIpc) is 3.13. The van der Waals surface area contributed by atoms with Gasteiger partial charge in [0.2, 0.25) is 0 Å². The molecule has 1 amide bonds. The number of nitrogens with one attached hydrogen (secondary N) is 1. The first kappa shape index (κ1) is 17.5. The molecule has 140 valence electrons. The molecular weight excluding hydrogens is 358 g/mol. The Hall–Kier alpha value is -3.88. The molecule has 0 unspecified atom stereocenters. The fraction of sp³-hybridized carbons (Fsp3) is 0.158. The summed E-state index contributed by atoms with van der Waals surface area (Å²) in [5, 5.41) is 13.4. The lowest BCUT2D eigenvalue weighted by atomic mass is 10.1. The molecule has 0 saturated carbocycles. The van der Waals surface area contributed by atoms with Gasteiger partial charge < -0.3 is 4.74 Å². The second-order valence-electron chi connectivity index (χ2n) is 6.12. The highest BCUT2D eigenvalue weighted by atomic mass is 16.5. The van der Waals surface area contributed by atoms with Crippen molar-refractivity contribution in [3.63, 3.8) is 0 Å². The number of ether oxygens (including phenoxy) is 1. The molecule has 0 spiro atoms.